The summed E-state index contributed by atoms with van der Waals surface area (Å²) in [7, 11) is 0. The number of nitrogens with two attached hydrogens (primary N) is 1. The number of fused-ring (bicyclic) bond motifs is 1. The highest BCUT2D eigenvalue weighted by atomic mass is 16.6. The number of imide groups is 1. The van der Waals surface area contributed by atoms with Gasteiger partial charge in [-0.25, -0.2) is 4.79 Å². The number of carbonyl (C=O) groups excluding carboxylic acids is 3. The molecule has 0 aliphatic carbocycles. The quantitative estimate of drug-likeness (QED) is 0.429. The second-order valence-electron chi connectivity index (χ2n) is 7.31. The molecule has 10 nitrogen and oxygen atoms in total. The number of benzene rings is 1. The number of hydrogen-bond donors (Lipinski definition) is 2. The summed E-state index contributed by atoms with van der Waals surface area (Å²) in [5.74, 6) is -4.09. The van der Waals surface area contributed by atoms with E-state index in [-0.39, 0.29) is 24.0 Å². The van der Waals surface area contributed by atoms with E-state index in [1.807, 2.05) is 0 Å². The zero-order chi connectivity index (χ0) is 20.7. The molecular weight excluding hydrogens is 358 g/mol. The average Bonchev–Trinajstić information content (AvgIpc) is 2.78. The number of carboxylic acid groups (broad SMARTS) is 1. The van der Waals surface area contributed by atoms with Gasteiger partial charge in [0.25, 0.3) is 17.5 Å². The summed E-state index contributed by atoms with van der Waals surface area (Å²) in [4.78, 5) is 60.2. The van der Waals surface area contributed by atoms with Gasteiger partial charge in [-0.3, -0.25) is 29.4 Å². The molecule has 2 rings (SSSR count). The van der Waals surface area contributed by atoms with E-state index in [0.29, 0.717) is 4.90 Å². The third kappa shape index (κ3) is 3.03. The third-order valence-corrected chi connectivity index (χ3v) is 4.79. The summed E-state index contributed by atoms with van der Waals surface area (Å²) in [6, 6.07) is 3.13. The van der Waals surface area contributed by atoms with Crippen LogP contribution < -0.4 is 5.73 Å². The first kappa shape index (κ1) is 20.0. The van der Waals surface area contributed by atoms with Crippen LogP contribution >= 0.6 is 0 Å². The number of non-ortho nitro benzene ring substituents is 1. The van der Waals surface area contributed by atoms with E-state index >= 15 is 0 Å². The van der Waals surface area contributed by atoms with Crippen molar-refractivity contribution >= 4 is 29.4 Å². The summed E-state index contributed by atoms with van der Waals surface area (Å²) >= 11 is 0. The summed E-state index contributed by atoms with van der Waals surface area (Å²) in [5, 5.41) is 20.9. The number of nitro benzene ring substituents is 1. The van der Waals surface area contributed by atoms with Crippen molar-refractivity contribution in [2.45, 2.75) is 39.2 Å². The molecule has 0 spiro atoms. The minimum absolute atomic E-state index is 0.125. The summed E-state index contributed by atoms with van der Waals surface area (Å²) in [6.07, 6.45) is -0.744. The Morgan fingerprint density at radius 2 is 1.74 bits per heavy atom. The molecule has 1 aliphatic heterocycles. The lowest BCUT2D eigenvalue weighted by molar-refractivity contribution is -0.384. The Bertz CT molecular complexity index is 872. The minimum atomic E-state index is -2.07. The molecular formula is C17H19N3O7. The number of amides is 3. The fraction of sp³-hybridized carbons (Fsp3) is 0.412. The predicted octanol–water partition coefficient (Wildman–Crippen LogP) is 1.33. The number of carboxylic acids is 1. The Kier molecular flexibility index (Phi) is 4.78. The molecule has 3 N–H and O–H groups in total. The smallest absolute Gasteiger partial charge is 0.330 e. The lowest BCUT2D eigenvalue weighted by Crippen LogP contribution is -2.64. The maximum absolute atomic E-state index is 12.9. The van der Waals surface area contributed by atoms with Crippen molar-refractivity contribution in [1.82, 2.24) is 4.90 Å². The monoisotopic (exact) mass is 377 g/mol. The van der Waals surface area contributed by atoms with E-state index in [2.05, 4.69) is 0 Å². The van der Waals surface area contributed by atoms with Crippen molar-refractivity contribution < 1.29 is 29.2 Å². The number of aliphatic carboxylic acids is 1. The molecule has 1 aliphatic rings. The van der Waals surface area contributed by atoms with Crippen LogP contribution in [0.4, 0.5) is 5.69 Å². The van der Waals surface area contributed by atoms with Gasteiger partial charge in [0.2, 0.25) is 5.91 Å². The van der Waals surface area contributed by atoms with Gasteiger partial charge in [-0.1, -0.05) is 20.8 Å². The van der Waals surface area contributed by atoms with E-state index in [4.69, 9.17) is 5.73 Å². The van der Waals surface area contributed by atoms with E-state index < -0.39 is 45.3 Å². The first-order valence-corrected chi connectivity index (χ1v) is 8.03. The van der Waals surface area contributed by atoms with Gasteiger partial charge >= 0.3 is 5.97 Å². The van der Waals surface area contributed by atoms with Crippen molar-refractivity contribution in [2.75, 3.05) is 0 Å². The van der Waals surface area contributed by atoms with Crippen molar-refractivity contribution in [3.63, 3.8) is 0 Å². The molecule has 0 unspecified atom stereocenters. The van der Waals surface area contributed by atoms with Crippen molar-refractivity contribution in [2.24, 2.45) is 11.1 Å². The molecule has 0 fully saturated rings. The van der Waals surface area contributed by atoms with Crippen molar-refractivity contribution in [1.29, 1.82) is 0 Å². The predicted molar refractivity (Wildman–Crippen MR) is 91.8 cm³/mol. The highest BCUT2D eigenvalue weighted by Crippen LogP contribution is 2.44. The largest absolute Gasteiger partial charge is 0.479 e. The van der Waals surface area contributed by atoms with Crippen LogP contribution in [0.25, 0.3) is 0 Å². The highest BCUT2D eigenvalue weighted by molar-refractivity contribution is 6.23. The normalized spacial score (nSPS) is 16.0. The fourth-order valence-electron chi connectivity index (χ4n) is 3.34. The van der Waals surface area contributed by atoms with Crippen LogP contribution in [0.3, 0.4) is 0 Å². The van der Waals surface area contributed by atoms with Gasteiger partial charge in [0.15, 0.2) is 5.54 Å². The fourth-order valence-corrected chi connectivity index (χ4v) is 3.34. The van der Waals surface area contributed by atoms with Gasteiger partial charge in [0.05, 0.1) is 16.1 Å². The first-order valence-electron chi connectivity index (χ1n) is 8.03. The van der Waals surface area contributed by atoms with Gasteiger partial charge in [-0.2, -0.15) is 0 Å². The number of carbonyl (C=O) groups is 4. The van der Waals surface area contributed by atoms with Crippen LogP contribution in [-0.4, -0.2) is 44.2 Å². The Hall–Kier alpha value is -3.30. The van der Waals surface area contributed by atoms with E-state index in [9.17, 15) is 34.4 Å². The molecule has 0 saturated carbocycles. The Morgan fingerprint density at radius 1 is 1.19 bits per heavy atom. The number of hydrogen-bond acceptors (Lipinski definition) is 6. The molecule has 3 amide bonds. The molecule has 10 heteroatoms. The highest BCUT2D eigenvalue weighted by Gasteiger charge is 2.60. The topological polar surface area (TPSA) is 161 Å². The van der Waals surface area contributed by atoms with Crippen LogP contribution in [0.1, 0.15) is 54.3 Å². The molecule has 1 heterocycles. The molecule has 1 atom stereocenters. The SMILES string of the molecule is CC(C)(C)[C@](CCC(N)=O)(C(=O)O)N1C(=O)c2ccc([N+](=O)[O-])cc2C1=O. The van der Waals surface area contributed by atoms with Gasteiger partial charge < -0.3 is 10.8 Å². The molecule has 1 aromatic carbocycles. The van der Waals surface area contributed by atoms with Gasteiger partial charge in [0.1, 0.15) is 0 Å². The Morgan fingerprint density at radius 3 is 2.19 bits per heavy atom. The van der Waals surface area contributed by atoms with E-state index in [1.165, 1.54) is 20.8 Å². The first-order chi connectivity index (χ1) is 12.3. The number of rotatable bonds is 6. The summed E-state index contributed by atoms with van der Waals surface area (Å²) in [5.41, 5.74) is 1.16. The third-order valence-electron chi connectivity index (χ3n) is 4.79. The Labute approximate surface area is 154 Å². The minimum Gasteiger partial charge on any atom is -0.479 e. The summed E-state index contributed by atoms with van der Waals surface area (Å²) in [6.45, 7) is 4.57. The molecule has 0 bridgehead atoms. The maximum atomic E-state index is 12.9. The molecule has 0 saturated heterocycles. The van der Waals surface area contributed by atoms with Crippen LogP contribution in [0.2, 0.25) is 0 Å². The van der Waals surface area contributed by atoms with E-state index in [1.54, 1.807) is 0 Å². The van der Waals surface area contributed by atoms with Gasteiger partial charge in [-0.05, 0) is 17.9 Å². The number of primary amides is 1. The van der Waals surface area contributed by atoms with Crippen LogP contribution in [-0.2, 0) is 9.59 Å². The van der Waals surface area contributed by atoms with Gasteiger partial charge in [-0.15, -0.1) is 0 Å². The van der Waals surface area contributed by atoms with Crippen molar-refractivity contribution in [3.8, 4) is 0 Å². The van der Waals surface area contributed by atoms with Crippen molar-refractivity contribution in [3.05, 3.63) is 39.4 Å². The zero-order valence-electron chi connectivity index (χ0n) is 15.0. The standard InChI is InChI=1S/C17H19N3O7/c1-16(2,3)17(15(24)25,7-6-12(18)21)19-13(22)10-5-4-9(20(26)27)8-11(10)14(19)23/h4-5,8H,6-7H2,1-3H3,(H2,18,21)(H,24,25)/t17-/m0/s1. The molecule has 144 valence electrons. The maximum Gasteiger partial charge on any atom is 0.330 e. The lowest BCUT2D eigenvalue weighted by atomic mass is 9.69. The average molecular weight is 377 g/mol. The van der Waals surface area contributed by atoms with Crippen LogP contribution in [0, 0.1) is 15.5 Å². The molecule has 0 radical (unpaired) electrons. The summed E-state index contributed by atoms with van der Waals surface area (Å²) < 4.78 is 0. The number of nitro groups is 1. The second kappa shape index (κ2) is 6.45. The van der Waals surface area contributed by atoms with Crippen LogP contribution in [0.5, 0.6) is 0 Å². The zero-order valence-corrected chi connectivity index (χ0v) is 15.0. The molecule has 1 aromatic rings. The molecule has 27 heavy (non-hydrogen) atoms. The lowest BCUT2D eigenvalue weighted by Gasteiger charge is -2.46. The van der Waals surface area contributed by atoms with E-state index in [0.717, 1.165) is 18.2 Å². The second-order valence-corrected chi connectivity index (χ2v) is 7.31. The Balaban J connectivity index is 2.68. The number of nitrogens with zero attached hydrogens (tertiary/aromatic N) is 2. The van der Waals surface area contributed by atoms with Gasteiger partial charge in [0, 0.05) is 18.6 Å². The molecule has 0 aromatic heterocycles. The van der Waals surface area contributed by atoms with Crippen LogP contribution in [0.15, 0.2) is 18.2 Å².